The lowest BCUT2D eigenvalue weighted by Gasteiger charge is -2.44. The predicted octanol–water partition coefficient (Wildman–Crippen LogP) is 5.98. The van der Waals surface area contributed by atoms with E-state index >= 15 is 0 Å². The van der Waals surface area contributed by atoms with Gasteiger partial charge in [0.05, 0.1) is 17.5 Å². The minimum absolute atomic E-state index is 0.0140. The Morgan fingerprint density at radius 2 is 1.93 bits per heavy atom. The summed E-state index contributed by atoms with van der Waals surface area (Å²) in [6.07, 6.45) is 10.4. The van der Waals surface area contributed by atoms with Crippen LogP contribution in [0.15, 0.2) is 48.6 Å². The van der Waals surface area contributed by atoms with E-state index in [1.54, 1.807) is 38.1 Å². The number of benzene rings is 2. The Morgan fingerprint density at radius 1 is 1.13 bits per heavy atom. The van der Waals surface area contributed by atoms with Crippen LogP contribution in [0, 0.1) is 23.7 Å². The molecule has 0 aromatic heterocycles. The first kappa shape index (κ1) is 32.9. The van der Waals surface area contributed by atoms with Crippen molar-refractivity contribution in [3.05, 3.63) is 70.3 Å². The van der Waals surface area contributed by atoms with Crippen molar-refractivity contribution in [3.8, 4) is 5.75 Å². The maximum absolute atomic E-state index is 13.5. The minimum atomic E-state index is -3.99. The zero-order chi connectivity index (χ0) is 32.8. The lowest BCUT2D eigenvalue weighted by molar-refractivity contribution is -0.129. The van der Waals surface area contributed by atoms with Crippen molar-refractivity contribution in [2.24, 2.45) is 23.7 Å². The van der Waals surface area contributed by atoms with Gasteiger partial charge in [-0.2, -0.15) is 0 Å². The normalized spacial score (nSPS) is 31.3. The molecule has 2 aromatic carbocycles. The first-order valence-electron chi connectivity index (χ1n) is 16.6. The summed E-state index contributed by atoms with van der Waals surface area (Å²) < 4.78 is 35.9. The zero-order valence-corrected chi connectivity index (χ0v) is 28.9. The van der Waals surface area contributed by atoms with E-state index in [1.807, 2.05) is 19.1 Å². The molecule has 0 radical (unpaired) electrons. The molecule has 0 unspecified atom stereocenters. The third-order valence-corrected chi connectivity index (χ3v) is 13.1. The Balaban J connectivity index is 1.40. The van der Waals surface area contributed by atoms with Crippen molar-refractivity contribution in [3.63, 3.8) is 0 Å². The third-order valence-electron chi connectivity index (χ3n) is 11.0. The summed E-state index contributed by atoms with van der Waals surface area (Å²) in [6.45, 7) is 5.54. The molecule has 2 amide bonds. The van der Waals surface area contributed by atoms with Crippen molar-refractivity contribution in [2.45, 2.75) is 69.5 Å². The number of allylic oxidation sites excluding steroid dienone is 2. The van der Waals surface area contributed by atoms with E-state index in [0.29, 0.717) is 37.0 Å². The molecule has 1 saturated carbocycles. The number of sulfonamides is 1. The molecule has 2 aliphatic heterocycles. The number of nitrogens with zero attached hydrogens (tertiary/aromatic N) is 2. The second-order valence-electron chi connectivity index (χ2n) is 14.3. The number of fused-ring (bicyclic) bond motifs is 4. The number of hydrogen-bond acceptors (Lipinski definition) is 6. The van der Waals surface area contributed by atoms with Crippen LogP contribution >= 0.6 is 11.6 Å². The Labute approximate surface area is 278 Å². The van der Waals surface area contributed by atoms with E-state index in [4.69, 9.17) is 16.3 Å². The van der Waals surface area contributed by atoms with Gasteiger partial charge in [-0.25, -0.2) is 13.1 Å². The maximum Gasteiger partial charge on any atom is 0.264 e. The van der Waals surface area contributed by atoms with E-state index in [9.17, 15) is 18.0 Å². The molecule has 8 nitrogen and oxygen atoms in total. The fourth-order valence-corrected chi connectivity index (χ4v) is 9.29. The van der Waals surface area contributed by atoms with Crippen molar-refractivity contribution < 1.29 is 22.7 Å². The lowest BCUT2D eigenvalue weighted by Crippen LogP contribution is -2.48. The van der Waals surface area contributed by atoms with Gasteiger partial charge in [0, 0.05) is 49.6 Å². The largest absolute Gasteiger partial charge is 0.490 e. The molecule has 1 N–H and O–H groups in total. The number of ether oxygens (including phenoxy) is 1. The molecule has 6 atom stereocenters. The fraction of sp³-hybridized carbons (Fsp3) is 0.556. The SMILES string of the molecule is C[C@@H]1[C@@H](C)C[C@H](CC(=O)N(C)C)/C=C\[C@@H]2CC[C@H]2CN2C[C@@]3(CCCc4cc(Cl)ccc43)COc3ccc(cc32)C(=O)NS1(=O)=O. The van der Waals surface area contributed by atoms with E-state index in [2.05, 4.69) is 33.9 Å². The van der Waals surface area contributed by atoms with Crippen molar-refractivity contribution in [1.82, 2.24) is 9.62 Å². The van der Waals surface area contributed by atoms with Crippen LogP contribution in [0.1, 0.15) is 73.9 Å². The molecule has 1 spiro atoms. The van der Waals surface area contributed by atoms with E-state index in [0.717, 1.165) is 55.9 Å². The highest BCUT2D eigenvalue weighted by Crippen LogP contribution is 2.46. The van der Waals surface area contributed by atoms with Gasteiger partial charge in [0.15, 0.2) is 0 Å². The Hall–Kier alpha value is -3.04. The van der Waals surface area contributed by atoms with Gasteiger partial charge in [-0.3, -0.25) is 9.59 Å². The third kappa shape index (κ3) is 6.55. The number of halogens is 1. The second-order valence-corrected chi connectivity index (χ2v) is 16.8. The van der Waals surface area contributed by atoms with Crippen LogP contribution in [-0.4, -0.2) is 64.2 Å². The molecule has 46 heavy (non-hydrogen) atoms. The van der Waals surface area contributed by atoms with Gasteiger partial charge in [0.1, 0.15) is 5.75 Å². The highest BCUT2D eigenvalue weighted by Gasteiger charge is 2.43. The molecule has 1 fully saturated rings. The quantitative estimate of drug-likeness (QED) is 0.396. The van der Waals surface area contributed by atoms with Gasteiger partial charge in [-0.05, 0) is 111 Å². The molecule has 248 valence electrons. The van der Waals surface area contributed by atoms with E-state index < -0.39 is 21.2 Å². The summed E-state index contributed by atoms with van der Waals surface area (Å²) >= 11 is 6.42. The number of hydrogen-bond donors (Lipinski definition) is 1. The first-order valence-corrected chi connectivity index (χ1v) is 18.5. The van der Waals surface area contributed by atoms with Crippen molar-refractivity contribution >= 4 is 39.1 Å². The highest BCUT2D eigenvalue weighted by atomic mass is 35.5. The number of carbonyl (C=O) groups excluding carboxylic acids is 2. The number of nitrogens with one attached hydrogen (secondary N) is 1. The van der Waals surface area contributed by atoms with Gasteiger partial charge in [0.25, 0.3) is 5.91 Å². The van der Waals surface area contributed by atoms with Crippen LogP contribution in [0.5, 0.6) is 5.75 Å². The Morgan fingerprint density at radius 3 is 2.67 bits per heavy atom. The molecule has 2 aromatic rings. The Kier molecular flexibility index (Phi) is 9.20. The van der Waals surface area contributed by atoms with Crippen LogP contribution < -0.4 is 14.4 Å². The van der Waals surface area contributed by atoms with E-state index in [1.165, 1.54) is 11.1 Å². The number of anilines is 1. The minimum Gasteiger partial charge on any atom is -0.490 e. The zero-order valence-electron chi connectivity index (χ0n) is 27.3. The topological polar surface area (TPSA) is 96.0 Å². The standard InChI is InChI=1S/C36H46ClN3O5S/c1-23-16-25(17-34(41)39(3)4)7-8-26-9-10-29(26)20-40-21-36(15-5-6-27-18-30(37)12-13-31(27)36)22-45-33-14-11-28(19-32(33)40)35(42)38-46(43,44)24(23)2/h7-8,11-14,18-19,23-26,29H,5-6,9-10,15-17,20-22H2,1-4H3,(H,38,42)/b8-7-/t23-,24+,25+,26+,29-,36-/m0/s1. The molecule has 2 heterocycles. The van der Waals surface area contributed by atoms with Gasteiger partial charge >= 0.3 is 0 Å². The predicted molar refractivity (Wildman–Crippen MR) is 182 cm³/mol. The van der Waals surface area contributed by atoms with Crippen LogP contribution in [0.3, 0.4) is 0 Å². The lowest BCUT2D eigenvalue weighted by atomic mass is 9.69. The molecule has 2 bridgehead atoms. The summed E-state index contributed by atoms with van der Waals surface area (Å²) in [5.74, 6) is 0.446. The number of aryl methyl sites for hydroxylation is 1. The van der Waals surface area contributed by atoms with Crippen LogP contribution in [0.25, 0.3) is 0 Å². The average molecular weight is 668 g/mol. The van der Waals surface area contributed by atoms with Crippen molar-refractivity contribution in [2.75, 3.05) is 38.7 Å². The monoisotopic (exact) mass is 667 g/mol. The summed E-state index contributed by atoms with van der Waals surface area (Å²) in [4.78, 5) is 30.3. The fourth-order valence-electron chi connectivity index (χ4n) is 7.81. The first-order chi connectivity index (χ1) is 21.8. The van der Waals surface area contributed by atoms with Gasteiger partial charge < -0.3 is 14.5 Å². The van der Waals surface area contributed by atoms with Crippen molar-refractivity contribution in [1.29, 1.82) is 0 Å². The summed E-state index contributed by atoms with van der Waals surface area (Å²) in [7, 11) is -0.497. The van der Waals surface area contributed by atoms with Crippen LogP contribution in [0.2, 0.25) is 5.02 Å². The molecule has 0 saturated heterocycles. The van der Waals surface area contributed by atoms with Gasteiger partial charge in [0.2, 0.25) is 15.9 Å². The maximum atomic E-state index is 13.5. The molecule has 6 rings (SSSR count). The van der Waals surface area contributed by atoms with Crippen LogP contribution in [0.4, 0.5) is 5.69 Å². The molecule has 10 heteroatoms. The smallest absolute Gasteiger partial charge is 0.264 e. The van der Waals surface area contributed by atoms with Gasteiger partial charge in [-0.15, -0.1) is 0 Å². The van der Waals surface area contributed by atoms with E-state index in [-0.39, 0.29) is 28.7 Å². The Bertz CT molecular complexity index is 1640. The average Bonchev–Trinajstić information content (AvgIpc) is 3.14. The second kappa shape index (κ2) is 12.9. The summed E-state index contributed by atoms with van der Waals surface area (Å²) in [6, 6.07) is 11.5. The number of carbonyl (C=O) groups is 2. The molecular weight excluding hydrogens is 622 g/mol. The molecule has 2 aliphatic carbocycles. The van der Waals surface area contributed by atoms with Gasteiger partial charge in [-0.1, -0.05) is 36.7 Å². The highest BCUT2D eigenvalue weighted by molar-refractivity contribution is 7.90. The molecular formula is C36H46ClN3O5S. The molecule has 4 aliphatic rings. The summed E-state index contributed by atoms with van der Waals surface area (Å²) in [5, 5.41) is -0.0887. The van der Waals surface area contributed by atoms with Crippen LogP contribution in [-0.2, 0) is 26.7 Å². The summed E-state index contributed by atoms with van der Waals surface area (Å²) in [5.41, 5.74) is 3.39. The number of rotatable bonds is 2. The number of amides is 2.